The molecule has 49 heavy (non-hydrogen) atoms. The minimum absolute atomic E-state index is 0.113. The summed E-state index contributed by atoms with van der Waals surface area (Å²) in [6.45, 7) is 8.78. The highest BCUT2D eigenvalue weighted by molar-refractivity contribution is 5.98. The van der Waals surface area contributed by atoms with E-state index in [9.17, 15) is 4.39 Å². The zero-order chi connectivity index (χ0) is 33.7. The lowest BCUT2D eigenvalue weighted by atomic mass is 9.95. The number of fused-ring (bicyclic) bond motifs is 4. The van der Waals surface area contributed by atoms with Crippen LogP contribution in [0.2, 0.25) is 0 Å². The Hall–Kier alpha value is -4.03. The van der Waals surface area contributed by atoms with Crippen LogP contribution in [0, 0.1) is 11.7 Å². The lowest BCUT2D eigenvalue weighted by Crippen LogP contribution is -2.43. The number of ether oxygens (including phenoxy) is 3. The number of alkyl halides is 1. The van der Waals surface area contributed by atoms with Gasteiger partial charge in [0.05, 0.1) is 23.5 Å². The van der Waals surface area contributed by atoms with Crippen molar-refractivity contribution in [2.45, 2.75) is 77.2 Å². The van der Waals surface area contributed by atoms with E-state index in [2.05, 4.69) is 31.8 Å². The molecule has 0 radical (unpaired) electrons. The largest absolute Gasteiger partial charge is 0.467 e. The van der Waals surface area contributed by atoms with Crippen LogP contribution in [-0.2, 0) is 37.1 Å². The van der Waals surface area contributed by atoms with Crippen LogP contribution in [0.1, 0.15) is 61.2 Å². The monoisotopic (exact) mass is 673 g/mol. The van der Waals surface area contributed by atoms with Crippen molar-refractivity contribution < 1.29 is 23.0 Å². The molecule has 8 rings (SSSR count). The first-order chi connectivity index (χ1) is 23.8. The quantitative estimate of drug-likeness (QED) is 0.223. The van der Waals surface area contributed by atoms with Gasteiger partial charge in [-0.25, -0.2) is 8.78 Å². The summed E-state index contributed by atoms with van der Waals surface area (Å²) in [6.07, 6.45) is 5.75. The van der Waals surface area contributed by atoms with Gasteiger partial charge in [-0.3, -0.25) is 10.00 Å². The van der Waals surface area contributed by atoms with Crippen LogP contribution >= 0.6 is 0 Å². The standard InChI is InChI=1S/C37H45F2N7O3/c1-4-28-30(39)7-6-24-13-27(49-22-47-3)14-33(34(24)28)44-11-8-29-32(20-44)41-36(48-21-37-9-5-10-46(37)19-26(38)15-37)42-35(29)45-17-23(2)12-31-25(18-45)16-40-43-31/h6-7,13-14,16,23,26H,4-5,8-12,15,17-22H2,1-3H3,(H,40,43)/t23?,26-,37+/m1/s1. The van der Waals surface area contributed by atoms with Crippen molar-refractivity contribution in [1.29, 1.82) is 0 Å². The second kappa shape index (κ2) is 13.0. The molecule has 4 aromatic rings. The second-order valence-corrected chi connectivity index (χ2v) is 14.3. The van der Waals surface area contributed by atoms with Gasteiger partial charge in [0.2, 0.25) is 0 Å². The summed E-state index contributed by atoms with van der Waals surface area (Å²) in [7, 11) is 1.59. The Bertz CT molecular complexity index is 1850. The third kappa shape index (κ3) is 5.96. The molecule has 3 atom stereocenters. The maximum atomic E-state index is 15.3. The Labute approximate surface area is 285 Å². The molecule has 2 aromatic carbocycles. The Morgan fingerprint density at radius 2 is 1.96 bits per heavy atom. The van der Waals surface area contributed by atoms with E-state index in [1.54, 1.807) is 7.11 Å². The molecule has 0 spiro atoms. The van der Waals surface area contributed by atoms with Crippen molar-refractivity contribution in [3.63, 3.8) is 0 Å². The van der Waals surface area contributed by atoms with E-state index in [0.29, 0.717) is 75.3 Å². The minimum atomic E-state index is -0.837. The zero-order valence-corrected chi connectivity index (χ0v) is 28.6. The van der Waals surface area contributed by atoms with Crippen LogP contribution < -0.4 is 19.3 Å². The van der Waals surface area contributed by atoms with Gasteiger partial charge in [-0.2, -0.15) is 15.1 Å². The molecule has 2 saturated heterocycles. The topological polar surface area (TPSA) is 91.9 Å². The second-order valence-electron chi connectivity index (χ2n) is 14.3. The van der Waals surface area contributed by atoms with Gasteiger partial charge in [-0.05, 0) is 67.6 Å². The van der Waals surface area contributed by atoms with Gasteiger partial charge < -0.3 is 24.0 Å². The van der Waals surface area contributed by atoms with E-state index < -0.39 is 6.17 Å². The number of aromatic amines is 1. The van der Waals surface area contributed by atoms with Crippen LogP contribution in [0.3, 0.4) is 0 Å². The third-order valence-electron chi connectivity index (χ3n) is 11.0. The van der Waals surface area contributed by atoms with Crippen molar-refractivity contribution in [3.8, 4) is 11.8 Å². The molecule has 1 unspecified atom stereocenters. The van der Waals surface area contributed by atoms with Crippen molar-refractivity contribution >= 4 is 22.3 Å². The molecule has 1 N–H and O–H groups in total. The Balaban J connectivity index is 1.19. The Morgan fingerprint density at radius 3 is 2.82 bits per heavy atom. The zero-order valence-electron chi connectivity index (χ0n) is 28.6. The number of H-pyrrole nitrogens is 1. The van der Waals surface area contributed by atoms with E-state index in [1.807, 2.05) is 31.3 Å². The van der Waals surface area contributed by atoms with E-state index in [0.717, 1.165) is 71.6 Å². The molecule has 4 aliphatic rings. The third-order valence-corrected chi connectivity index (χ3v) is 11.0. The predicted molar refractivity (Wildman–Crippen MR) is 184 cm³/mol. The summed E-state index contributed by atoms with van der Waals surface area (Å²) in [6, 6.07) is 7.61. The van der Waals surface area contributed by atoms with Crippen LogP contribution in [0.15, 0.2) is 30.5 Å². The molecule has 10 nitrogen and oxygen atoms in total. The van der Waals surface area contributed by atoms with Gasteiger partial charge in [0, 0.05) is 74.2 Å². The van der Waals surface area contributed by atoms with Crippen molar-refractivity contribution in [2.75, 3.05) is 56.5 Å². The number of anilines is 2. The van der Waals surface area contributed by atoms with Crippen molar-refractivity contribution in [1.82, 2.24) is 25.1 Å². The van der Waals surface area contributed by atoms with Crippen LogP contribution in [0.4, 0.5) is 20.3 Å². The molecule has 6 heterocycles. The number of aromatic nitrogens is 4. The first kappa shape index (κ1) is 32.2. The summed E-state index contributed by atoms with van der Waals surface area (Å²) in [5.41, 5.74) is 5.54. The maximum absolute atomic E-state index is 15.3. The highest BCUT2D eigenvalue weighted by Crippen LogP contribution is 2.42. The average Bonchev–Trinajstić information content (AvgIpc) is 3.75. The fourth-order valence-electron chi connectivity index (χ4n) is 8.70. The molecule has 0 bridgehead atoms. The van der Waals surface area contributed by atoms with Gasteiger partial charge in [0.1, 0.15) is 30.2 Å². The fourth-order valence-corrected chi connectivity index (χ4v) is 8.70. The molecule has 12 heteroatoms. The van der Waals surface area contributed by atoms with Crippen molar-refractivity contribution in [3.05, 3.63) is 64.4 Å². The van der Waals surface area contributed by atoms with Gasteiger partial charge in [0.25, 0.3) is 0 Å². The molecule has 0 aliphatic carbocycles. The molecular formula is C37H45F2N7O3. The number of methoxy groups -OCH3 is 1. The first-order valence-corrected chi connectivity index (χ1v) is 17.6. The summed E-state index contributed by atoms with van der Waals surface area (Å²) in [5, 5.41) is 9.39. The van der Waals surface area contributed by atoms with E-state index in [1.165, 1.54) is 11.6 Å². The summed E-state index contributed by atoms with van der Waals surface area (Å²) in [4.78, 5) is 17.1. The van der Waals surface area contributed by atoms with Gasteiger partial charge in [0.15, 0.2) is 6.79 Å². The van der Waals surface area contributed by atoms with Gasteiger partial charge >= 0.3 is 6.01 Å². The van der Waals surface area contributed by atoms with Crippen LogP contribution in [0.5, 0.6) is 11.8 Å². The highest BCUT2D eigenvalue weighted by Gasteiger charge is 2.49. The number of aryl methyl sites for hydroxylation is 1. The molecular weight excluding hydrogens is 628 g/mol. The maximum Gasteiger partial charge on any atom is 0.318 e. The Kier molecular flexibility index (Phi) is 8.55. The molecule has 2 aromatic heterocycles. The molecule has 2 fully saturated rings. The highest BCUT2D eigenvalue weighted by atomic mass is 19.1. The Morgan fingerprint density at radius 1 is 1.06 bits per heavy atom. The summed E-state index contributed by atoms with van der Waals surface area (Å²) < 4.78 is 47.5. The SMILES string of the molecule is CCc1c(F)ccc2cc(OCOC)cc(N3CCc4c(nc(OC[C@@]56CCCN5C[C@H](F)C6)nc4N4Cc5c[nH]nc5CC(C)C4)C3)c12. The van der Waals surface area contributed by atoms with E-state index in [4.69, 9.17) is 24.2 Å². The number of halogens is 2. The molecule has 4 aliphatic heterocycles. The molecule has 260 valence electrons. The van der Waals surface area contributed by atoms with Gasteiger partial charge in [-0.15, -0.1) is 0 Å². The number of nitrogens with zero attached hydrogens (tertiary/aromatic N) is 6. The van der Waals surface area contributed by atoms with Crippen LogP contribution in [-0.4, -0.2) is 83.5 Å². The fraction of sp³-hybridized carbons (Fsp3) is 0.541. The number of rotatable bonds is 9. The predicted octanol–water partition coefficient (Wildman–Crippen LogP) is 5.75. The lowest BCUT2D eigenvalue weighted by molar-refractivity contribution is 0.0512. The summed E-state index contributed by atoms with van der Waals surface area (Å²) >= 11 is 0. The van der Waals surface area contributed by atoms with Crippen LogP contribution in [0.25, 0.3) is 10.8 Å². The number of hydrogen-bond acceptors (Lipinski definition) is 9. The molecule has 0 amide bonds. The van der Waals surface area contributed by atoms with E-state index >= 15 is 4.39 Å². The normalized spacial score (nSPS) is 23.8. The summed E-state index contributed by atoms with van der Waals surface area (Å²) in [5.74, 6) is 1.71. The minimum Gasteiger partial charge on any atom is -0.467 e. The number of nitrogens with one attached hydrogen (secondary N) is 1. The smallest absolute Gasteiger partial charge is 0.318 e. The van der Waals surface area contributed by atoms with Gasteiger partial charge in [-0.1, -0.05) is 19.9 Å². The first-order valence-electron chi connectivity index (χ1n) is 17.6. The van der Waals surface area contributed by atoms with Crippen molar-refractivity contribution in [2.24, 2.45) is 5.92 Å². The lowest BCUT2D eigenvalue weighted by Gasteiger charge is -2.35. The number of hydrogen-bond donors (Lipinski definition) is 1. The average molecular weight is 674 g/mol. The molecule has 0 saturated carbocycles. The van der Waals surface area contributed by atoms with E-state index in [-0.39, 0.29) is 18.1 Å². The number of benzene rings is 2.